The van der Waals surface area contributed by atoms with Crippen LogP contribution >= 0.6 is 7.82 Å². The number of phosphoric acid groups is 1. The van der Waals surface area contributed by atoms with Gasteiger partial charge in [-0.3, -0.25) is 18.6 Å². The van der Waals surface area contributed by atoms with Crippen LogP contribution in [0, 0.1) is 0 Å². The molecule has 284 valence electrons. The molecule has 0 heterocycles. The van der Waals surface area contributed by atoms with Crippen LogP contribution in [0.5, 0.6) is 0 Å². The zero-order valence-corrected chi connectivity index (χ0v) is 32.6. The minimum atomic E-state index is -4.36. The minimum absolute atomic E-state index is 0.0322. The predicted octanol–water partition coefficient (Wildman–Crippen LogP) is 10.2. The molecule has 2 atom stereocenters. The molecule has 0 amide bonds. The number of allylic oxidation sites excluding steroid dienone is 2. The van der Waals surface area contributed by atoms with Crippen molar-refractivity contribution in [2.75, 3.05) is 47.5 Å². The topological polar surface area (TPSA) is 108 Å². The summed E-state index contributed by atoms with van der Waals surface area (Å²) >= 11 is 0. The van der Waals surface area contributed by atoms with Crippen molar-refractivity contribution >= 4 is 19.8 Å². The molecule has 0 saturated heterocycles. The zero-order chi connectivity index (χ0) is 35.8. The summed E-state index contributed by atoms with van der Waals surface area (Å²) in [5.74, 6) is -0.815. The molecule has 0 bridgehead atoms. The van der Waals surface area contributed by atoms with Gasteiger partial charge in [0.1, 0.15) is 19.8 Å². The van der Waals surface area contributed by atoms with Crippen LogP contribution in [-0.2, 0) is 32.7 Å². The van der Waals surface area contributed by atoms with Crippen molar-refractivity contribution < 1.29 is 42.1 Å². The highest BCUT2D eigenvalue weighted by Gasteiger charge is 2.27. The Bertz CT molecular complexity index is 845. The first-order valence-electron chi connectivity index (χ1n) is 19.4. The summed E-state index contributed by atoms with van der Waals surface area (Å²) in [6, 6.07) is 0. The molecule has 48 heavy (non-hydrogen) atoms. The molecule has 0 spiro atoms. The molecule has 0 aromatic rings. The lowest BCUT2D eigenvalue weighted by atomic mass is 10.1. The molecule has 0 aliphatic heterocycles. The number of hydrogen-bond acceptors (Lipinski definition) is 7. The fourth-order valence-corrected chi connectivity index (χ4v) is 5.93. The number of unbranched alkanes of at least 4 members (excludes halogenated alkanes) is 19. The Balaban J connectivity index is 4.44. The van der Waals surface area contributed by atoms with E-state index in [4.69, 9.17) is 18.5 Å². The van der Waals surface area contributed by atoms with Crippen LogP contribution in [-0.4, -0.2) is 74.9 Å². The Morgan fingerprint density at radius 2 is 1.06 bits per heavy atom. The average Bonchev–Trinajstić information content (AvgIpc) is 3.02. The molecule has 9 nitrogen and oxygen atoms in total. The van der Waals surface area contributed by atoms with Crippen molar-refractivity contribution in [2.24, 2.45) is 0 Å². The van der Waals surface area contributed by atoms with E-state index < -0.39 is 26.5 Å². The third kappa shape index (κ3) is 34.6. The summed E-state index contributed by atoms with van der Waals surface area (Å²) in [7, 11) is 1.47. The zero-order valence-electron chi connectivity index (χ0n) is 31.7. The van der Waals surface area contributed by atoms with Gasteiger partial charge in [-0.25, -0.2) is 4.57 Å². The van der Waals surface area contributed by atoms with Crippen LogP contribution in [0.2, 0.25) is 0 Å². The monoisotopic (exact) mass is 705 g/mol. The number of quaternary nitrogens is 1. The molecule has 0 aromatic heterocycles. The highest BCUT2D eigenvalue weighted by Crippen LogP contribution is 2.43. The molecule has 0 radical (unpaired) electrons. The third-order valence-corrected chi connectivity index (χ3v) is 9.28. The molecular formula is C38H75NO8P+. The molecular weight excluding hydrogens is 629 g/mol. The van der Waals surface area contributed by atoms with Crippen molar-refractivity contribution in [2.45, 2.75) is 174 Å². The van der Waals surface area contributed by atoms with E-state index in [-0.39, 0.29) is 32.0 Å². The summed E-state index contributed by atoms with van der Waals surface area (Å²) in [5, 5.41) is 0. The fraction of sp³-hybridized carbons (Fsp3) is 0.895. The molecule has 1 N–H and O–H groups in total. The van der Waals surface area contributed by atoms with E-state index in [0.717, 1.165) is 44.9 Å². The Morgan fingerprint density at radius 1 is 0.625 bits per heavy atom. The number of nitrogens with zero attached hydrogens (tertiary/aromatic N) is 1. The SMILES string of the molecule is CCCCCCCC/C=C/CCCCCC(=O)OC[C@H](COP(=O)(O)OCC[N+](C)(C)C)OC(=O)CCCCCCCCCCCCC. The van der Waals surface area contributed by atoms with E-state index in [1.165, 1.54) is 89.9 Å². The van der Waals surface area contributed by atoms with Gasteiger partial charge in [-0.15, -0.1) is 0 Å². The minimum Gasteiger partial charge on any atom is -0.462 e. The highest BCUT2D eigenvalue weighted by atomic mass is 31.2. The van der Waals surface area contributed by atoms with Gasteiger partial charge in [-0.05, 0) is 38.5 Å². The second-order valence-corrected chi connectivity index (χ2v) is 15.8. The lowest BCUT2D eigenvalue weighted by Crippen LogP contribution is -2.37. The molecule has 0 aromatic carbocycles. The van der Waals surface area contributed by atoms with Gasteiger partial charge in [0.15, 0.2) is 6.10 Å². The van der Waals surface area contributed by atoms with E-state index in [2.05, 4.69) is 26.0 Å². The lowest BCUT2D eigenvalue weighted by molar-refractivity contribution is -0.870. The quantitative estimate of drug-likeness (QED) is 0.0228. The summed E-state index contributed by atoms with van der Waals surface area (Å²) in [6.45, 7) is 4.38. The first kappa shape index (κ1) is 46.8. The van der Waals surface area contributed by atoms with Gasteiger partial charge >= 0.3 is 19.8 Å². The van der Waals surface area contributed by atoms with Crippen molar-refractivity contribution in [3.8, 4) is 0 Å². The summed E-state index contributed by atoms with van der Waals surface area (Å²) < 4.78 is 34.1. The van der Waals surface area contributed by atoms with Gasteiger partial charge in [0.05, 0.1) is 27.7 Å². The molecule has 10 heteroatoms. The maximum atomic E-state index is 12.6. The number of likely N-dealkylation sites (N-methyl/N-ethyl adjacent to an activating group) is 1. The van der Waals surface area contributed by atoms with Crippen LogP contribution in [0.15, 0.2) is 12.2 Å². The van der Waals surface area contributed by atoms with Crippen LogP contribution in [0.4, 0.5) is 0 Å². The Kier molecular flexibility index (Phi) is 30.9. The number of carbonyl (C=O) groups excluding carboxylic acids is 2. The van der Waals surface area contributed by atoms with Crippen molar-refractivity contribution in [3.63, 3.8) is 0 Å². The number of phosphoric ester groups is 1. The lowest BCUT2D eigenvalue weighted by Gasteiger charge is -2.24. The predicted molar refractivity (Wildman–Crippen MR) is 197 cm³/mol. The Hall–Kier alpha value is -1.25. The van der Waals surface area contributed by atoms with Crippen LogP contribution in [0.1, 0.15) is 168 Å². The second-order valence-electron chi connectivity index (χ2n) is 14.3. The third-order valence-electron chi connectivity index (χ3n) is 8.30. The van der Waals surface area contributed by atoms with E-state index in [1.54, 1.807) is 0 Å². The largest absolute Gasteiger partial charge is 0.472 e. The molecule has 1 unspecified atom stereocenters. The number of carbonyl (C=O) groups is 2. The summed E-state index contributed by atoms with van der Waals surface area (Å²) in [4.78, 5) is 35.1. The Labute approximate surface area is 295 Å². The van der Waals surface area contributed by atoms with E-state index in [9.17, 15) is 19.0 Å². The Morgan fingerprint density at radius 3 is 1.56 bits per heavy atom. The van der Waals surface area contributed by atoms with Crippen molar-refractivity contribution in [1.82, 2.24) is 0 Å². The van der Waals surface area contributed by atoms with Gasteiger partial charge in [-0.1, -0.05) is 129 Å². The number of ether oxygens (including phenoxy) is 2. The van der Waals surface area contributed by atoms with E-state index in [1.807, 2.05) is 21.1 Å². The van der Waals surface area contributed by atoms with Gasteiger partial charge < -0.3 is 18.9 Å². The second kappa shape index (κ2) is 31.7. The van der Waals surface area contributed by atoms with E-state index in [0.29, 0.717) is 17.4 Å². The number of hydrogen-bond donors (Lipinski definition) is 1. The smallest absolute Gasteiger partial charge is 0.462 e. The highest BCUT2D eigenvalue weighted by molar-refractivity contribution is 7.47. The maximum Gasteiger partial charge on any atom is 0.472 e. The molecule has 0 rings (SSSR count). The van der Waals surface area contributed by atoms with Gasteiger partial charge in [0.25, 0.3) is 0 Å². The summed E-state index contributed by atoms with van der Waals surface area (Å²) in [5.41, 5.74) is 0. The van der Waals surface area contributed by atoms with Crippen LogP contribution in [0.3, 0.4) is 0 Å². The molecule has 0 saturated carbocycles. The standard InChI is InChI=1S/C38H74NO8P/c1-6-8-10-12-14-16-18-19-21-22-24-26-28-30-37(40)44-34-36(35-46-48(42,43)45-33-32-39(3,4)5)47-38(41)31-29-27-25-23-20-17-15-13-11-9-7-2/h19,21,36H,6-18,20,22-35H2,1-5H3/p+1/b21-19+/t36-/m1/s1. The fourth-order valence-electron chi connectivity index (χ4n) is 5.18. The van der Waals surface area contributed by atoms with Crippen molar-refractivity contribution in [1.29, 1.82) is 0 Å². The first-order valence-corrected chi connectivity index (χ1v) is 20.9. The van der Waals surface area contributed by atoms with Crippen LogP contribution < -0.4 is 0 Å². The first-order chi connectivity index (χ1) is 23.0. The molecule has 0 aliphatic rings. The maximum absolute atomic E-state index is 12.6. The average molecular weight is 705 g/mol. The van der Waals surface area contributed by atoms with Crippen molar-refractivity contribution in [3.05, 3.63) is 12.2 Å². The van der Waals surface area contributed by atoms with Gasteiger partial charge in [0.2, 0.25) is 0 Å². The van der Waals surface area contributed by atoms with Gasteiger partial charge in [-0.2, -0.15) is 0 Å². The number of esters is 2. The normalized spacial score (nSPS) is 13.9. The molecule has 0 fully saturated rings. The van der Waals surface area contributed by atoms with Crippen LogP contribution in [0.25, 0.3) is 0 Å². The summed E-state index contributed by atoms with van der Waals surface area (Å²) in [6.07, 6.45) is 29.7. The van der Waals surface area contributed by atoms with E-state index >= 15 is 0 Å². The molecule has 0 aliphatic carbocycles. The van der Waals surface area contributed by atoms with Gasteiger partial charge in [0, 0.05) is 12.8 Å². The number of rotatable bonds is 35.